The molecule has 0 radical (unpaired) electrons. The van der Waals surface area contributed by atoms with Gasteiger partial charge in [0.25, 0.3) is 0 Å². The highest BCUT2D eigenvalue weighted by molar-refractivity contribution is 6.35. The Morgan fingerprint density at radius 1 is 1.05 bits per heavy atom. The molecule has 0 spiro atoms. The fraction of sp³-hybridized carbons (Fsp3) is 0.0625. The van der Waals surface area contributed by atoms with Crippen molar-refractivity contribution in [1.82, 2.24) is 4.98 Å². The first kappa shape index (κ1) is 14.0. The first-order valence-corrected chi connectivity index (χ1v) is 7.08. The highest BCUT2D eigenvalue weighted by Crippen LogP contribution is 2.28. The zero-order chi connectivity index (χ0) is 14.8. The summed E-state index contributed by atoms with van der Waals surface area (Å²) >= 11 is 11.9. The van der Waals surface area contributed by atoms with Crippen LogP contribution in [0.2, 0.25) is 10.0 Å². The van der Waals surface area contributed by atoms with Crippen LogP contribution in [0.15, 0.2) is 53.3 Å². The van der Waals surface area contributed by atoms with Crippen molar-refractivity contribution in [3.63, 3.8) is 0 Å². The summed E-state index contributed by atoms with van der Waals surface area (Å²) in [6.07, 6.45) is 0. The molecule has 0 aliphatic carbocycles. The molecule has 3 rings (SSSR count). The maximum atomic E-state index is 11.7. The standard InChI is InChI=1S/C16H11Cl2NO2/c17-11-5-6-15(13(18)8-11)21-9-10-7-16(20)19-14-4-2-1-3-12(10)14/h1-8H,9H2,(H,19,20). The van der Waals surface area contributed by atoms with Crippen LogP contribution in [-0.2, 0) is 6.61 Å². The lowest BCUT2D eigenvalue weighted by Gasteiger charge is -2.10. The molecule has 3 nitrogen and oxygen atoms in total. The van der Waals surface area contributed by atoms with E-state index in [2.05, 4.69) is 4.98 Å². The lowest BCUT2D eigenvalue weighted by Crippen LogP contribution is -2.08. The Morgan fingerprint density at radius 2 is 1.86 bits per heavy atom. The van der Waals surface area contributed by atoms with E-state index in [1.54, 1.807) is 18.2 Å². The van der Waals surface area contributed by atoms with Crippen LogP contribution in [0, 0.1) is 0 Å². The van der Waals surface area contributed by atoms with Crippen LogP contribution in [0.25, 0.3) is 10.9 Å². The van der Waals surface area contributed by atoms with E-state index in [0.29, 0.717) is 15.8 Å². The minimum Gasteiger partial charge on any atom is -0.487 e. The molecule has 0 amide bonds. The summed E-state index contributed by atoms with van der Waals surface area (Å²) in [5.41, 5.74) is 1.43. The topological polar surface area (TPSA) is 42.1 Å². The number of pyridine rings is 1. The van der Waals surface area contributed by atoms with E-state index in [-0.39, 0.29) is 12.2 Å². The maximum absolute atomic E-state index is 11.7. The maximum Gasteiger partial charge on any atom is 0.248 e. The van der Waals surface area contributed by atoms with E-state index < -0.39 is 0 Å². The third-order valence-corrected chi connectivity index (χ3v) is 3.64. The monoisotopic (exact) mass is 319 g/mol. The second kappa shape index (κ2) is 5.80. The Labute approximate surface area is 131 Å². The van der Waals surface area contributed by atoms with Crippen molar-refractivity contribution in [3.8, 4) is 5.75 Å². The number of benzene rings is 2. The van der Waals surface area contributed by atoms with E-state index in [0.717, 1.165) is 16.5 Å². The van der Waals surface area contributed by atoms with E-state index in [1.807, 2.05) is 24.3 Å². The van der Waals surface area contributed by atoms with Gasteiger partial charge in [0.2, 0.25) is 5.56 Å². The van der Waals surface area contributed by atoms with E-state index in [4.69, 9.17) is 27.9 Å². The van der Waals surface area contributed by atoms with Gasteiger partial charge >= 0.3 is 0 Å². The summed E-state index contributed by atoms with van der Waals surface area (Å²) in [6, 6.07) is 14.2. The predicted molar refractivity (Wildman–Crippen MR) is 85.4 cm³/mol. The Morgan fingerprint density at radius 3 is 2.67 bits per heavy atom. The highest BCUT2D eigenvalue weighted by atomic mass is 35.5. The van der Waals surface area contributed by atoms with Gasteiger partial charge in [-0.15, -0.1) is 0 Å². The number of ether oxygens (including phenoxy) is 1. The first-order valence-electron chi connectivity index (χ1n) is 6.32. The number of halogens is 2. The predicted octanol–water partition coefficient (Wildman–Crippen LogP) is 4.41. The molecule has 1 heterocycles. The average Bonchev–Trinajstić information content (AvgIpc) is 2.46. The molecule has 0 bridgehead atoms. The van der Waals surface area contributed by atoms with Gasteiger partial charge in [-0.2, -0.15) is 0 Å². The number of aromatic amines is 1. The van der Waals surface area contributed by atoms with Gasteiger partial charge in [-0.25, -0.2) is 0 Å². The Hall–Kier alpha value is -1.97. The molecule has 0 aliphatic rings. The van der Waals surface area contributed by atoms with Crippen molar-refractivity contribution in [2.75, 3.05) is 0 Å². The smallest absolute Gasteiger partial charge is 0.248 e. The number of fused-ring (bicyclic) bond motifs is 1. The van der Waals surface area contributed by atoms with Crippen LogP contribution in [-0.4, -0.2) is 4.98 Å². The van der Waals surface area contributed by atoms with Crippen molar-refractivity contribution < 1.29 is 4.74 Å². The van der Waals surface area contributed by atoms with Crippen LogP contribution >= 0.6 is 23.2 Å². The molecule has 21 heavy (non-hydrogen) atoms. The van der Waals surface area contributed by atoms with Gasteiger partial charge in [-0.1, -0.05) is 41.4 Å². The molecular formula is C16H11Cl2NO2. The van der Waals surface area contributed by atoms with Crippen molar-refractivity contribution >= 4 is 34.1 Å². The van der Waals surface area contributed by atoms with Gasteiger partial charge in [0.1, 0.15) is 12.4 Å². The zero-order valence-corrected chi connectivity index (χ0v) is 12.4. The Balaban J connectivity index is 1.93. The van der Waals surface area contributed by atoms with Crippen LogP contribution < -0.4 is 10.3 Å². The summed E-state index contributed by atoms with van der Waals surface area (Å²) in [6.45, 7) is 0.256. The Bertz CT molecular complexity index is 858. The summed E-state index contributed by atoms with van der Waals surface area (Å²) in [4.78, 5) is 14.5. The molecule has 3 aromatic rings. The molecular weight excluding hydrogens is 309 g/mol. The molecule has 106 valence electrons. The number of para-hydroxylation sites is 1. The lowest BCUT2D eigenvalue weighted by molar-refractivity contribution is 0.307. The van der Waals surface area contributed by atoms with Gasteiger partial charge in [-0.3, -0.25) is 4.79 Å². The number of nitrogens with one attached hydrogen (secondary N) is 1. The molecule has 1 aromatic heterocycles. The van der Waals surface area contributed by atoms with Crippen LogP contribution in [0.4, 0.5) is 0 Å². The molecule has 2 aromatic carbocycles. The summed E-state index contributed by atoms with van der Waals surface area (Å²) in [5, 5.41) is 1.94. The molecule has 0 saturated heterocycles. The molecule has 0 fully saturated rings. The molecule has 0 aliphatic heterocycles. The van der Waals surface area contributed by atoms with Gasteiger partial charge in [0, 0.05) is 27.6 Å². The number of aromatic nitrogens is 1. The summed E-state index contributed by atoms with van der Waals surface area (Å²) in [5.74, 6) is 0.533. The van der Waals surface area contributed by atoms with Gasteiger partial charge < -0.3 is 9.72 Å². The van der Waals surface area contributed by atoms with E-state index >= 15 is 0 Å². The largest absolute Gasteiger partial charge is 0.487 e. The normalized spacial score (nSPS) is 10.8. The lowest BCUT2D eigenvalue weighted by atomic mass is 10.1. The minimum atomic E-state index is -0.158. The fourth-order valence-electron chi connectivity index (χ4n) is 2.14. The van der Waals surface area contributed by atoms with Gasteiger partial charge in [0.05, 0.1) is 5.02 Å². The molecule has 0 saturated carbocycles. The first-order chi connectivity index (χ1) is 10.1. The van der Waals surface area contributed by atoms with Crippen LogP contribution in [0.1, 0.15) is 5.56 Å². The molecule has 5 heteroatoms. The fourth-order valence-corrected chi connectivity index (χ4v) is 2.61. The number of rotatable bonds is 3. The van der Waals surface area contributed by atoms with Gasteiger partial charge in [-0.05, 0) is 24.3 Å². The summed E-state index contributed by atoms with van der Waals surface area (Å²) in [7, 11) is 0. The molecule has 0 unspecified atom stereocenters. The molecule has 0 atom stereocenters. The zero-order valence-electron chi connectivity index (χ0n) is 10.9. The van der Waals surface area contributed by atoms with Crippen molar-refractivity contribution in [1.29, 1.82) is 0 Å². The number of hydrogen-bond acceptors (Lipinski definition) is 2. The van der Waals surface area contributed by atoms with Crippen molar-refractivity contribution in [2.45, 2.75) is 6.61 Å². The average molecular weight is 320 g/mol. The van der Waals surface area contributed by atoms with Crippen molar-refractivity contribution in [3.05, 3.63) is 74.5 Å². The SMILES string of the molecule is O=c1cc(COc2ccc(Cl)cc2Cl)c2ccccc2[nH]1. The van der Waals surface area contributed by atoms with Gasteiger partial charge in [0.15, 0.2) is 0 Å². The highest BCUT2D eigenvalue weighted by Gasteiger charge is 2.06. The second-order valence-corrected chi connectivity index (χ2v) is 5.41. The van der Waals surface area contributed by atoms with Crippen LogP contribution in [0.5, 0.6) is 5.75 Å². The number of hydrogen-bond donors (Lipinski definition) is 1. The third kappa shape index (κ3) is 3.04. The quantitative estimate of drug-likeness (QED) is 0.776. The minimum absolute atomic E-state index is 0.158. The summed E-state index contributed by atoms with van der Waals surface area (Å²) < 4.78 is 5.70. The van der Waals surface area contributed by atoms with E-state index in [1.165, 1.54) is 6.07 Å². The van der Waals surface area contributed by atoms with Crippen LogP contribution in [0.3, 0.4) is 0 Å². The number of H-pyrrole nitrogens is 1. The molecule has 1 N–H and O–H groups in total. The van der Waals surface area contributed by atoms with E-state index in [9.17, 15) is 4.79 Å². The Kier molecular flexibility index (Phi) is 3.86. The van der Waals surface area contributed by atoms with Crippen molar-refractivity contribution in [2.24, 2.45) is 0 Å². The second-order valence-electron chi connectivity index (χ2n) is 4.57. The third-order valence-electron chi connectivity index (χ3n) is 3.11.